The number of hydrogen-bond acceptors (Lipinski definition) is 3. The van der Waals surface area contributed by atoms with Crippen molar-refractivity contribution in [1.82, 2.24) is 0 Å². The first-order chi connectivity index (χ1) is 10.8. The summed E-state index contributed by atoms with van der Waals surface area (Å²) in [6, 6.07) is 0. The highest BCUT2D eigenvalue weighted by Gasteiger charge is 2.76. The van der Waals surface area contributed by atoms with Gasteiger partial charge < -0.3 is 9.84 Å². The normalized spacial score (nSPS) is 63.7. The Balaban J connectivity index is 1.51. The lowest BCUT2D eigenvalue weighted by molar-refractivity contribution is -0.148. The first-order valence-corrected chi connectivity index (χ1v) is 9.68. The molecule has 0 aromatic rings. The van der Waals surface area contributed by atoms with E-state index in [0.717, 1.165) is 31.6 Å². The van der Waals surface area contributed by atoms with Gasteiger partial charge in [0, 0.05) is 11.8 Å². The molecule has 8 atom stereocenters. The third kappa shape index (κ3) is 1.49. The van der Waals surface area contributed by atoms with E-state index in [1.54, 1.807) is 0 Å². The summed E-state index contributed by atoms with van der Waals surface area (Å²) in [5, 5.41) is 11.0. The van der Waals surface area contributed by atoms with Gasteiger partial charge in [-0.15, -0.1) is 0 Å². The van der Waals surface area contributed by atoms with Gasteiger partial charge in [0.05, 0.1) is 5.60 Å². The molecule has 1 saturated heterocycles. The molecule has 0 aromatic heterocycles. The van der Waals surface area contributed by atoms with Crippen LogP contribution in [0.2, 0.25) is 0 Å². The third-order valence-electron chi connectivity index (χ3n) is 9.51. The highest BCUT2D eigenvalue weighted by atomic mass is 16.6. The molecule has 0 amide bonds. The van der Waals surface area contributed by atoms with Crippen molar-refractivity contribution in [2.24, 2.45) is 28.6 Å². The first-order valence-electron chi connectivity index (χ1n) is 9.68. The molecule has 1 N–H and O–H groups in total. The fraction of sp³-hybridized carbons (Fsp3) is 0.950. The van der Waals surface area contributed by atoms with Crippen LogP contribution in [0.25, 0.3) is 0 Å². The molecule has 4 saturated carbocycles. The van der Waals surface area contributed by atoms with Crippen LogP contribution in [0.5, 0.6) is 0 Å². The Kier molecular flexibility index (Phi) is 2.62. The van der Waals surface area contributed by atoms with Gasteiger partial charge in [0.15, 0.2) is 5.78 Å². The molecule has 4 aliphatic carbocycles. The van der Waals surface area contributed by atoms with Crippen LogP contribution < -0.4 is 0 Å². The van der Waals surface area contributed by atoms with Gasteiger partial charge in [-0.05, 0) is 75.0 Å². The van der Waals surface area contributed by atoms with E-state index in [2.05, 4.69) is 20.8 Å². The maximum absolute atomic E-state index is 12.1. The Morgan fingerprint density at radius 1 is 0.957 bits per heavy atom. The summed E-state index contributed by atoms with van der Waals surface area (Å²) in [5.74, 6) is 2.41. The van der Waals surface area contributed by atoms with Crippen molar-refractivity contribution < 1.29 is 14.6 Å². The Labute approximate surface area is 139 Å². The fourth-order valence-electron chi connectivity index (χ4n) is 7.74. The van der Waals surface area contributed by atoms with Gasteiger partial charge in [0.25, 0.3) is 0 Å². The number of rotatable bonds is 0. The van der Waals surface area contributed by atoms with Crippen molar-refractivity contribution in [2.75, 3.05) is 0 Å². The number of ether oxygens (including phenoxy) is 1. The van der Waals surface area contributed by atoms with Crippen molar-refractivity contribution >= 4 is 5.78 Å². The summed E-state index contributed by atoms with van der Waals surface area (Å²) >= 11 is 0. The van der Waals surface area contributed by atoms with Crippen LogP contribution in [0.3, 0.4) is 0 Å². The van der Waals surface area contributed by atoms with Gasteiger partial charge in [-0.25, -0.2) is 0 Å². The maximum Gasteiger partial charge on any atom is 0.164 e. The summed E-state index contributed by atoms with van der Waals surface area (Å²) in [7, 11) is 0. The maximum atomic E-state index is 12.1. The average Bonchev–Trinajstić information content (AvgIpc) is 3.19. The molecule has 0 radical (unpaired) electrons. The van der Waals surface area contributed by atoms with Gasteiger partial charge in [-0.1, -0.05) is 13.8 Å². The fourth-order valence-corrected chi connectivity index (χ4v) is 7.74. The van der Waals surface area contributed by atoms with E-state index >= 15 is 0 Å². The van der Waals surface area contributed by atoms with Crippen LogP contribution in [-0.4, -0.2) is 28.2 Å². The van der Waals surface area contributed by atoms with Crippen LogP contribution in [-0.2, 0) is 9.53 Å². The van der Waals surface area contributed by atoms with Gasteiger partial charge >= 0.3 is 0 Å². The molecule has 1 spiro atoms. The topological polar surface area (TPSA) is 49.8 Å². The van der Waals surface area contributed by atoms with Gasteiger partial charge in [0.2, 0.25) is 0 Å². The van der Waals surface area contributed by atoms with Crippen LogP contribution >= 0.6 is 0 Å². The van der Waals surface area contributed by atoms with E-state index in [1.165, 1.54) is 19.3 Å². The quantitative estimate of drug-likeness (QED) is 0.696. The van der Waals surface area contributed by atoms with Crippen LogP contribution in [0.4, 0.5) is 0 Å². The molecule has 128 valence electrons. The number of carbonyl (C=O) groups is 1. The molecule has 0 bridgehead atoms. The number of carbonyl (C=O) groups excluding carboxylic acids is 1. The second-order valence-corrected chi connectivity index (χ2v) is 9.96. The minimum Gasteiger partial charge on any atom is -0.390 e. The number of fused-ring (bicyclic) bond motifs is 4. The molecule has 3 nitrogen and oxygen atoms in total. The monoisotopic (exact) mass is 318 g/mol. The van der Waals surface area contributed by atoms with Gasteiger partial charge in [-0.2, -0.15) is 0 Å². The first kappa shape index (κ1) is 14.9. The van der Waals surface area contributed by atoms with E-state index in [1.807, 2.05) is 0 Å². The summed E-state index contributed by atoms with van der Waals surface area (Å²) < 4.78 is 6.11. The predicted octanol–water partition coefficient (Wildman–Crippen LogP) is 3.48. The Bertz CT molecular complexity index is 583. The van der Waals surface area contributed by atoms with Gasteiger partial charge in [0.1, 0.15) is 11.7 Å². The largest absolute Gasteiger partial charge is 0.390 e. The predicted molar refractivity (Wildman–Crippen MR) is 86.9 cm³/mol. The summed E-state index contributed by atoms with van der Waals surface area (Å²) in [5.41, 5.74) is -0.341. The smallest absolute Gasteiger partial charge is 0.164 e. The zero-order valence-electron chi connectivity index (χ0n) is 14.7. The zero-order chi connectivity index (χ0) is 16.3. The highest BCUT2D eigenvalue weighted by molar-refractivity contribution is 5.88. The number of epoxide rings is 1. The van der Waals surface area contributed by atoms with Crippen molar-refractivity contribution in [1.29, 1.82) is 0 Å². The molecule has 1 aliphatic heterocycles. The standard InChI is InChI=1S/C20H30O3/c1-17-8-5-14-12(13(17)6-10-19(17,3)22)4-11-20-16(23-20)15(21)7-9-18(14,20)2/h12-14,16,22H,4-11H2,1-3H3/t12-,13-,14-,16+,17-,18+,19-,20+/m0/s1. The average molecular weight is 318 g/mol. The molecule has 5 rings (SSSR count). The molecule has 0 aromatic carbocycles. The van der Waals surface area contributed by atoms with Gasteiger partial charge in [-0.3, -0.25) is 4.79 Å². The van der Waals surface area contributed by atoms with E-state index in [9.17, 15) is 9.90 Å². The second kappa shape index (κ2) is 4.04. The molecule has 5 aliphatic rings. The van der Waals surface area contributed by atoms with Crippen molar-refractivity contribution in [3.8, 4) is 0 Å². The lowest BCUT2D eigenvalue weighted by Gasteiger charge is -2.60. The Hall–Kier alpha value is -0.410. The Morgan fingerprint density at radius 2 is 1.65 bits per heavy atom. The second-order valence-electron chi connectivity index (χ2n) is 9.96. The van der Waals surface area contributed by atoms with E-state index in [4.69, 9.17) is 4.74 Å². The van der Waals surface area contributed by atoms with Crippen LogP contribution in [0, 0.1) is 28.6 Å². The summed E-state index contributed by atoms with van der Waals surface area (Å²) in [6.07, 6.45) is 8.38. The number of hydrogen-bond donors (Lipinski definition) is 1. The zero-order valence-corrected chi connectivity index (χ0v) is 14.7. The molecule has 3 heteroatoms. The van der Waals surface area contributed by atoms with Crippen molar-refractivity contribution in [3.05, 3.63) is 0 Å². The highest BCUT2D eigenvalue weighted by Crippen LogP contribution is 2.73. The summed E-state index contributed by atoms with van der Waals surface area (Å²) in [4.78, 5) is 12.1. The van der Waals surface area contributed by atoms with Crippen LogP contribution in [0.1, 0.15) is 72.1 Å². The lowest BCUT2D eigenvalue weighted by Crippen LogP contribution is -2.59. The molecule has 5 fully saturated rings. The molecule has 23 heavy (non-hydrogen) atoms. The Morgan fingerprint density at radius 3 is 2.43 bits per heavy atom. The van der Waals surface area contributed by atoms with Crippen LogP contribution in [0.15, 0.2) is 0 Å². The third-order valence-corrected chi connectivity index (χ3v) is 9.51. The van der Waals surface area contributed by atoms with E-state index in [0.29, 0.717) is 24.0 Å². The minimum absolute atomic E-state index is 0.0813. The summed E-state index contributed by atoms with van der Waals surface area (Å²) in [6.45, 7) is 6.83. The molecular weight excluding hydrogens is 288 g/mol. The number of Topliss-reactive ketones (excluding diaryl/α,β-unsaturated/α-hetero) is 1. The van der Waals surface area contributed by atoms with Crippen molar-refractivity contribution in [3.63, 3.8) is 0 Å². The molecule has 1 heterocycles. The number of aliphatic hydroxyl groups is 1. The van der Waals surface area contributed by atoms with Crippen molar-refractivity contribution in [2.45, 2.75) is 89.4 Å². The molecular formula is C20H30O3. The lowest BCUT2D eigenvalue weighted by atomic mass is 9.44. The number of ketones is 1. The molecule has 0 unspecified atom stereocenters. The van der Waals surface area contributed by atoms with E-state index < -0.39 is 5.60 Å². The minimum atomic E-state index is -0.500. The SMILES string of the molecule is C[C@]1(O)CC[C@H]2[C@@H]3CC[C@@]45O[C@@H]4C(=O)CC[C@]5(C)[C@H]3CC[C@@]21C. The van der Waals surface area contributed by atoms with E-state index in [-0.39, 0.29) is 22.5 Å².